The van der Waals surface area contributed by atoms with Crippen LogP contribution < -0.4 is 15.5 Å². The molecule has 2 N–H and O–H groups in total. The molecule has 0 aromatic heterocycles. The van der Waals surface area contributed by atoms with Crippen LogP contribution in [0.3, 0.4) is 0 Å². The lowest BCUT2D eigenvalue weighted by molar-refractivity contribution is -0.126. The Hall–Kier alpha value is -3.15. The molecule has 0 radical (unpaired) electrons. The van der Waals surface area contributed by atoms with Crippen LogP contribution in [-0.2, 0) is 16.1 Å². The number of hydrogen-bond donors (Lipinski definition) is 2. The van der Waals surface area contributed by atoms with Crippen molar-refractivity contribution in [3.63, 3.8) is 0 Å². The van der Waals surface area contributed by atoms with Crippen LogP contribution >= 0.6 is 0 Å². The second-order valence-electron chi connectivity index (χ2n) is 7.65. The van der Waals surface area contributed by atoms with Crippen molar-refractivity contribution in [2.75, 3.05) is 18.5 Å². The van der Waals surface area contributed by atoms with Crippen LogP contribution in [0.1, 0.15) is 47.7 Å². The molecular formula is C23H27N3O3. The number of rotatable bonds is 6. The lowest BCUT2D eigenvalue weighted by Gasteiger charge is -2.18. The fourth-order valence-corrected chi connectivity index (χ4v) is 3.48. The standard InChI is InChI=1S/C23H27N3O3/c1-15(2)17-7-5-9-20(11-17)26-14-19(12-21(26)27)23(29)25-13-16-6-4-8-18(10-16)22(28)24-3/h4-11,15,19H,12-14H2,1-3H3,(H,24,28)(H,25,29). The average molecular weight is 393 g/mol. The molecule has 1 aliphatic heterocycles. The molecule has 1 unspecified atom stereocenters. The molecule has 0 spiro atoms. The fourth-order valence-electron chi connectivity index (χ4n) is 3.48. The molecule has 1 saturated heterocycles. The number of amides is 3. The summed E-state index contributed by atoms with van der Waals surface area (Å²) in [7, 11) is 1.58. The van der Waals surface area contributed by atoms with E-state index in [1.807, 2.05) is 30.3 Å². The predicted octanol–water partition coefficient (Wildman–Crippen LogP) is 2.84. The maximum absolute atomic E-state index is 12.6. The van der Waals surface area contributed by atoms with E-state index in [0.29, 0.717) is 24.6 Å². The normalized spacial score (nSPS) is 16.2. The summed E-state index contributed by atoms with van der Waals surface area (Å²) >= 11 is 0. The first-order valence-corrected chi connectivity index (χ1v) is 9.88. The van der Waals surface area contributed by atoms with Gasteiger partial charge in [0.2, 0.25) is 11.8 Å². The van der Waals surface area contributed by atoms with E-state index in [2.05, 4.69) is 24.5 Å². The molecular weight excluding hydrogens is 366 g/mol. The van der Waals surface area contributed by atoms with Crippen LogP contribution in [-0.4, -0.2) is 31.3 Å². The van der Waals surface area contributed by atoms with Gasteiger partial charge in [0.15, 0.2) is 0 Å². The lowest BCUT2D eigenvalue weighted by Crippen LogP contribution is -2.32. The Morgan fingerprint density at radius 1 is 1.14 bits per heavy atom. The molecule has 2 aromatic rings. The first kappa shape index (κ1) is 20.6. The predicted molar refractivity (Wildman–Crippen MR) is 113 cm³/mol. The zero-order valence-electron chi connectivity index (χ0n) is 17.1. The van der Waals surface area contributed by atoms with Crippen LogP contribution in [0.4, 0.5) is 5.69 Å². The van der Waals surface area contributed by atoms with E-state index in [4.69, 9.17) is 0 Å². The highest BCUT2D eigenvalue weighted by atomic mass is 16.2. The van der Waals surface area contributed by atoms with Crippen molar-refractivity contribution < 1.29 is 14.4 Å². The molecule has 3 rings (SSSR count). The molecule has 1 atom stereocenters. The number of carbonyl (C=O) groups is 3. The molecule has 0 aliphatic carbocycles. The second kappa shape index (κ2) is 8.90. The average Bonchev–Trinajstić information content (AvgIpc) is 3.13. The summed E-state index contributed by atoms with van der Waals surface area (Å²) in [6, 6.07) is 15.1. The molecule has 152 valence electrons. The largest absolute Gasteiger partial charge is 0.355 e. The lowest BCUT2D eigenvalue weighted by atomic mass is 10.0. The fraction of sp³-hybridized carbons (Fsp3) is 0.348. The van der Waals surface area contributed by atoms with Gasteiger partial charge in [-0.3, -0.25) is 14.4 Å². The van der Waals surface area contributed by atoms with Crippen LogP contribution in [0, 0.1) is 5.92 Å². The molecule has 0 saturated carbocycles. The first-order valence-electron chi connectivity index (χ1n) is 9.88. The Morgan fingerprint density at radius 2 is 1.90 bits per heavy atom. The Labute approximate surface area is 171 Å². The summed E-state index contributed by atoms with van der Waals surface area (Å²) in [6.45, 7) is 4.92. The van der Waals surface area contributed by atoms with Gasteiger partial charge in [0.25, 0.3) is 5.91 Å². The van der Waals surface area contributed by atoms with Crippen molar-refractivity contribution in [3.05, 3.63) is 65.2 Å². The van der Waals surface area contributed by atoms with Gasteiger partial charge in [-0.05, 0) is 41.3 Å². The van der Waals surface area contributed by atoms with E-state index >= 15 is 0 Å². The molecule has 1 aliphatic rings. The zero-order valence-corrected chi connectivity index (χ0v) is 17.1. The van der Waals surface area contributed by atoms with E-state index in [-0.39, 0.29) is 30.1 Å². The Balaban J connectivity index is 1.62. The molecule has 6 nitrogen and oxygen atoms in total. The van der Waals surface area contributed by atoms with Crippen molar-refractivity contribution in [1.29, 1.82) is 0 Å². The van der Waals surface area contributed by atoms with Gasteiger partial charge in [-0.1, -0.05) is 38.1 Å². The van der Waals surface area contributed by atoms with Gasteiger partial charge in [0, 0.05) is 37.8 Å². The van der Waals surface area contributed by atoms with E-state index < -0.39 is 0 Å². The monoisotopic (exact) mass is 393 g/mol. The molecule has 1 heterocycles. The number of benzene rings is 2. The summed E-state index contributed by atoms with van der Waals surface area (Å²) in [6.07, 6.45) is 0.204. The first-order chi connectivity index (χ1) is 13.9. The van der Waals surface area contributed by atoms with Gasteiger partial charge < -0.3 is 15.5 Å². The Bertz CT molecular complexity index is 923. The van der Waals surface area contributed by atoms with Crippen LogP contribution in [0.2, 0.25) is 0 Å². The third-order valence-corrected chi connectivity index (χ3v) is 5.23. The summed E-state index contributed by atoms with van der Waals surface area (Å²) in [5, 5.41) is 5.48. The summed E-state index contributed by atoms with van der Waals surface area (Å²) in [5.41, 5.74) is 3.39. The maximum atomic E-state index is 12.6. The number of nitrogens with one attached hydrogen (secondary N) is 2. The second-order valence-corrected chi connectivity index (χ2v) is 7.65. The molecule has 2 aromatic carbocycles. The van der Waals surface area contributed by atoms with Crippen molar-refractivity contribution in [3.8, 4) is 0 Å². The number of nitrogens with zero attached hydrogens (tertiary/aromatic N) is 1. The van der Waals surface area contributed by atoms with Gasteiger partial charge in [0.05, 0.1) is 5.92 Å². The highest BCUT2D eigenvalue weighted by molar-refractivity contribution is 6.00. The van der Waals surface area contributed by atoms with Crippen molar-refractivity contribution in [2.24, 2.45) is 5.92 Å². The quantitative estimate of drug-likeness (QED) is 0.792. The van der Waals surface area contributed by atoms with Gasteiger partial charge in [-0.15, -0.1) is 0 Å². The smallest absolute Gasteiger partial charge is 0.251 e. The van der Waals surface area contributed by atoms with E-state index in [9.17, 15) is 14.4 Å². The van der Waals surface area contributed by atoms with Crippen LogP contribution in [0.25, 0.3) is 0 Å². The third kappa shape index (κ3) is 4.83. The van der Waals surface area contributed by atoms with E-state index in [1.165, 1.54) is 5.56 Å². The number of anilines is 1. The van der Waals surface area contributed by atoms with Gasteiger partial charge >= 0.3 is 0 Å². The Kier molecular flexibility index (Phi) is 6.32. The van der Waals surface area contributed by atoms with Crippen molar-refractivity contribution in [1.82, 2.24) is 10.6 Å². The minimum Gasteiger partial charge on any atom is -0.355 e. The minimum absolute atomic E-state index is 0.0346. The molecule has 1 fully saturated rings. The zero-order chi connectivity index (χ0) is 21.0. The van der Waals surface area contributed by atoms with Crippen molar-refractivity contribution in [2.45, 2.75) is 32.7 Å². The van der Waals surface area contributed by atoms with Crippen molar-refractivity contribution >= 4 is 23.4 Å². The van der Waals surface area contributed by atoms with Gasteiger partial charge in [0.1, 0.15) is 0 Å². The van der Waals surface area contributed by atoms with E-state index in [1.54, 1.807) is 30.1 Å². The van der Waals surface area contributed by atoms with Crippen LogP contribution in [0.15, 0.2) is 48.5 Å². The minimum atomic E-state index is -0.382. The van der Waals surface area contributed by atoms with Crippen LogP contribution in [0.5, 0.6) is 0 Å². The molecule has 29 heavy (non-hydrogen) atoms. The molecule has 0 bridgehead atoms. The maximum Gasteiger partial charge on any atom is 0.251 e. The summed E-state index contributed by atoms with van der Waals surface area (Å²) in [5.74, 6) is -0.359. The summed E-state index contributed by atoms with van der Waals surface area (Å²) in [4.78, 5) is 38.6. The van der Waals surface area contributed by atoms with Gasteiger partial charge in [-0.25, -0.2) is 0 Å². The SMILES string of the molecule is CNC(=O)c1cccc(CNC(=O)C2CC(=O)N(c3cccc(C(C)C)c3)C2)c1. The number of hydrogen-bond acceptors (Lipinski definition) is 3. The molecule has 3 amide bonds. The Morgan fingerprint density at radius 3 is 2.62 bits per heavy atom. The third-order valence-electron chi connectivity index (χ3n) is 5.23. The number of carbonyl (C=O) groups excluding carboxylic acids is 3. The highest BCUT2D eigenvalue weighted by Crippen LogP contribution is 2.28. The van der Waals surface area contributed by atoms with Gasteiger partial charge in [-0.2, -0.15) is 0 Å². The highest BCUT2D eigenvalue weighted by Gasteiger charge is 2.35. The molecule has 6 heteroatoms. The van der Waals surface area contributed by atoms with E-state index in [0.717, 1.165) is 11.3 Å². The topological polar surface area (TPSA) is 78.5 Å². The summed E-state index contributed by atoms with van der Waals surface area (Å²) < 4.78 is 0.